The number of carboxylic acids is 1. The number of nitrogens with zero attached hydrogens (tertiary/aromatic N) is 2. The van der Waals surface area contributed by atoms with Crippen molar-refractivity contribution in [2.75, 3.05) is 0 Å². The average molecular weight is 218 g/mol. The number of pyridine rings is 1. The Labute approximate surface area is 93.5 Å². The van der Waals surface area contributed by atoms with Gasteiger partial charge in [0.25, 0.3) is 0 Å². The van der Waals surface area contributed by atoms with Gasteiger partial charge in [0.2, 0.25) is 0 Å². The highest BCUT2D eigenvalue weighted by atomic mass is 16.4. The molecule has 16 heavy (non-hydrogen) atoms. The summed E-state index contributed by atoms with van der Waals surface area (Å²) in [5, 5.41) is 8.97. The molecule has 0 aliphatic heterocycles. The van der Waals surface area contributed by atoms with Crippen LogP contribution in [0.25, 0.3) is 5.65 Å². The van der Waals surface area contributed by atoms with Crippen molar-refractivity contribution in [3.63, 3.8) is 0 Å². The first-order valence-electron chi connectivity index (χ1n) is 5.36. The van der Waals surface area contributed by atoms with E-state index < -0.39 is 5.97 Å². The minimum Gasteiger partial charge on any atom is -0.481 e. The maximum Gasteiger partial charge on any atom is 0.306 e. The third-order valence-corrected chi connectivity index (χ3v) is 2.71. The van der Waals surface area contributed by atoms with E-state index in [4.69, 9.17) is 5.11 Å². The summed E-state index contributed by atoms with van der Waals surface area (Å²) in [7, 11) is 0. The van der Waals surface area contributed by atoms with E-state index in [2.05, 4.69) is 4.98 Å². The molecule has 0 aliphatic carbocycles. The molecule has 0 radical (unpaired) electrons. The second-order valence-electron chi connectivity index (χ2n) is 3.85. The zero-order valence-electron chi connectivity index (χ0n) is 9.13. The minimum atomic E-state index is -0.750. The molecule has 1 atom stereocenters. The summed E-state index contributed by atoms with van der Waals surface area (Å²) >= 11 is 0. The van der Waals surface area contributed by atoms with Gasteiger partial charge in [-0.3, -0.25) is 4.79 Å². The van der Waals surface area contributed by atoms with Crippen LogP contribution in [0.4, 0.5) is 0 Å². The fourth-order valence-electron chi connectivity index (χ4n) is 1.74. The summed E-state index contributed by atoms with van der Waals surface area (Å²) in [5.74, 6) is -1.09. The Bertz CT molecular complexity index is 471. The molecule has 0 amide bonds. The van der Waals surface area contributed by atoms with Gasteiger partial charge in [-0.05, 0) is 18.6 Å². The molecular formula is C12H14N2O2. The van der Waals surface area contributed by atoms with Gasteiger partial charge >= 0.3 is 5.97 Å². The van der Waals surface area contributed by atoms with E-state index in [1.54, 1.807) is 0 Å². The van der Waals surface area contributed by atoms with Gasteiger partial charge in [-0.15, -0.1) is 0 Å². The van der Waals surface area contributed by atoms with Crippen molar-refractivity contribution in [3.05, 3.63) is 36.3 Å². The number of hydrogen-bond acceptors (Lipinski definition) is 2. The van der Waals surface area contributed by atoms with Crippen molar-refractivity contribution in [1.29, 1.82) is 0 Å². The van der Waals surface area contributed by atoms with Crippen LogP contribution in [0.15, 0.2) is 30.6 Å². The van der Waals surface area contributed by atoms with E-state index in [9.17, 15) is 4.79 Å². The van der Waals surface area contributed by atoms with Crippen LogP contribution in [-0.2, 0) is 11.2 Å². The molecule has 0 saturated carbocycles. The molecule has 0 saturated heterocycles. The molecule has 4 nitrogen and oxygen atoms in total. The second-order valence-corrected chi connectivity index (χ2v) is 3.85. The summed E-state index contributed by atoms with van der Waals surface area (Å²) in [6.07, 6.45) is 4.92. The van der Waals surface area contributed by atoms with E-state index in [0.29, 0.717) is 12.8 Å². The summed E-state index contributed by atoms with van der Waals surface area (Å²) < 4.78 is 1.91. The van der Waals surface area contributed by atoms with Crippen LogP contribution in [-0.4, -0.2) is 20.5 Å². The lowest BCUT2D eigenvalue weighted by molar-refractivity contribution is -0.141. The number of aromatic nitrogens is 2. The van der Waals surface area contributed by atoms with Crippen LogP contribution >= 0.6 is 0 Å². The maximum absolute atomic E-state index is 10.9. The van der Waals surface area contributed by atoms with Gasteiger partial charge in [-0.25, -0.2) is 4.98 Å². The average Bonchev–Trinajstić information content (AvgIpc) is 2.67. The highest BCUT2D eigenvalue weighted by Gasteiger charge is 2.17. The van der Waals surface area contributed by atoms with Crippen LogP contribution in [0, 0.1) is 5.92 Å². The standard InChI is InChI=1S/C12H14N2O2/c1-2-9(12(15)16)7-10-8-14-6-4-3-5-11(14)13-10/h3-6,8-9H,2,7H2,1H3,(H,15,16). The number of imidazole rings is 1. The van der Waals surface area contributed by atoms with E-state index >= 15 is 0 Å². The predicted octanol–water partition coefficient (Wildman–Crippen LogP) is 1.99. The molecule has 0 aliphatic rings. The molecule has 4 heteroatoms. The van der Waals surface area contributed by atoms with Gasteiger partial charge in [0.1, 0.15) is 5.65 Å². The molecule has 2 aromatic heterocycles. The summed E-state index contributed by atoms with van der Waals surface area (Å²) in [6.45, 7) is 1.88. The zero-order chi connectivity index (χ0) is 11.5. The van der Waals surface area contributed by atoms with Crippen molar-refractivity contribution in [3.8, 4) is 0 Å². The highest BCUT2D eigenvalue weighted by molar-refractivity contribution is 5.70. The van der Waals surface area contributed by atoms with Gasteiger partial charge in [-0.2, -0.15) is 0 Å². The van der Waals surface area contributed by atoms with Crippen molar-refractivity contribution >= 4 is 11.6 Å². The van der Waals surface area contributed by atoms with Gasteiger partial charge in [0.15, 0.2) is 0 Å². The van der Waals surface area contributed by atoms with Gasteiger partial charge in [-0.1, -0.05) is 13.0 Å². The summed E-state index contributed by atoms with van der Waals surface area (Å²) in [4.78, 5) is 15.3. The predicted molar refractivity (Wildman–Crippen MR) is 60.3 cm³/mol. The Morgan fingerprint density at radius 1 is 1.56 bits per heavy atom. The van der Waals surface area contributed by atoms with Crippen LogP contribution < -0.4 is 0 Å². The van der Waals surface area contributed by atoms with E-state index in [1.807, 2.05) is 41.9 Å². The monoisotopic (exact) mass is 218 g/mol. The Kier molecular flexibility index (Phi) is 2.90. The number of carbonyl (C=O) groups is 1. The van der Waals surface area contributed by atoms with Crippen LogP contribution in [0.5, 0.6) is 0 Å². The molecule has 84 valence electrons. The number of hydrogen-bond donors (Lipinski definition) is 1. The van der Waals surface area contributed by atoms with E-state index in [-0.39, 0.29) is 5.92 Å². The highest BCUT2D eigenvalue weighted by Crippen LogP contribution is 2.13. The molecule has 1 unspecified atom stereocenters. The number of carboxylic acid groups (broad SMARTS) is 1. The number of fused-ring (bicyclic) bond motifs is 1. The first kappa shape index (κ1) is 10.7. The Morgan fingerprint density at radius 3 is 3.00 bits per heavy atom. The third kappa shape index (κ3) is 2.05. The van der Waals surface area contributed by atoms with Gasteiger partial charge in [0.05, 0.1) is 11.6 Å². The van der Waals surface area contributed by atoms with Crippen LogP contribution in [0.3, 0.4) is 0 Å². The van der Waals surface area contributed by atoms with Crippen molar-refractivity contribution < 1.29 is 9.90 Å². The molecular weight excluding hydrogens is 204 g/mol. The molecule has 0 bridgehead atoms. The van der Waals surface area contributed by atoms with Crippen LogP contribution in [0.2, 0.25) is 0 Å². The van der Waals surface area contributed by atoms with E-state index in [0.717, 1.165) is 11.3 Å². The third-order valence-electron chi connectivity index (χ3n) is 2.71. The van der Waals surface area contributed by atoms with Gasteiger partial charge < -0.3 is 9.51 Å². The Hall–Kier alpha value is -1.84. The van der Waals surface area contributed by atoms with Crippen molar-refractivity contribution in [2.24, 2.45) is 5.92 Å². The SMILES string of the molecule is CCC(Cc1cn2ccccc2n1)C(=O)O. The molecule has 1 N–H and O–H groups in total. The molecule has 2 aromatic rings. The van der Waals surface area contributed by atoms with Gasteiger partial charge in [0, 0.05) is 18.8 Å². The smallest absolute Gasteiger partial charge is 0.306 e. The lowest BCUT2D eigenvalue weighted by Gasteiger charge is -2.06. The molecule has 2 rings (SSSR count). The zero-order valence-corrected chi connectivity index (χ0v) is 9.13. The lowest BCUT2D eigenvalue weighted by atomic mass is 10.0. The normalized spacial score (nSPS) is 12.8. The summed E-state index contributed by atoms with van der Waals surface area (Å²) in [6, 6.07) is 5.75. The second kappa shape index (κ2) is 4.35. The number of aliphatic carboxylic acids is 1. The molecule has 0 aromatic carbocycles. The summed E-state index contributed by atoms with van der Waals surface area (Å²) in [5.41, 5.74) is 1.69. The minimum absolute atomic E-state index is 0.343. The fourth-order valence-corrected chi connectivity index (χ4v) is 1.74. The maximum atomic E-state index is 10.9. The van der Waals surface area contributed by atoms with Crippen molar-refractivity contribution in [1.82, 2.24) is 9.38 Å². The fraction of sp³-hybridized carbons (Fsp3) is 0.333. The van der Waals surface area contributed by atoms with Crippen LogP contribution in [0.1, 0.15) is 19.0 Å². The molecule has 0 spiro atoms. The topological polar surface area (TPSA) is 54.6 Å². The van der Waals surface area contributed by atoms with E-state index in [1.165, 1.54) is 0 Å². The quantitative estimate of drug-likeness (QED) is 0.853. The lowest BCUT2D eigenvalue weighted by Crippen LogP contribution is -2.15. The Morgan fingerprint density at radius 2 is 2.38 bits per heavy atom. The number of rotatable bonds is 4. The molecule has 2 heterocycles. The Balaban J connectivity index is 2.24. The first-order valence-corrected chi connectivity index (χ1v) is 5.36. The largest absolute Gasteiger partial charge is 0.481 e. The first-order chi connectivity index (χ1) is 7.70. The molecule has 0 fully saturated rings. The van der Waals surface area contributed by atoms with Crippen molar-refractivity contribution in [2.45, 2.75) is 19.8 Å².